The maximum absolute atomic E-state index is 12.5. The highest BCUT2D eigenvalue weighted by molar-refractivity contribution is 5.88. The molecule has 24 heavy (non-hydrogen) atoms. The lowest BCUT2D eigenvalue weighted by atomic mass is 10.1. The maximum atomic E-state index is 12.5. The van der Waals surface area contributed by atoms with Gasteiger partial charge in [0.15, 0.2) is 0 Å². The Labute approximate surface area is 141 Å². The lowest BCUT2D eigenvalue weighted by Crippen LogP contribution is -2.24. The largest absolute Gasteiger partial charge is 0.273 e. The van der Waals surface area contributed by atoms with Gasteiger partial charge >= 0.3 is 0 Å². The van der Waals surface area contributed by atoms with Gasteiger partial charge in [0, 0.05) is 17.8 Å². The lowest BCUT2D eigenvalue weighted by Gasteiger charge is -2.09. The van der Waals surface area contributed by atoms with Crippen LogP contribution in [0.15, 0.2) is 30.6 Å². The highest BCUT2D eigenvalue weighted by atomic mass is 16.2. The van der Waals surface area contributed by atoms with E-state index in [4.69, 9.17) is 0 Å². The number of imidazole rings is 1. The van der Waals surface area contributed by atoms with Crippen molar-refractivity contribution >= 4 is 16.9 Å². The Bertz CT molecular complexity index is 875. The minimum absolute atomic E-state index is 0.0755. The molecule has 3 rings (SSSR count). The highest BCUT2D eigenvalue weighted by Crippen LogP contribution is 2.16. The number of benzene rings is 1. The number of rotatable bonds is 5. The zero-order valence-corrected chi connectivity index (χ0v) is 14.6. The SMILES string of the molecule is Cc1nn(CC(C)C)c(C)c1CC(=O)Nn1cnc2ccccc21. The summed E-state index contributed by atoms with van der Waals surface area (Å²) in [6.45, 7) is 9.16. The van der Waals surface area contributed by atoms with Gasteiger partial charge in [0.25, 0.3) is 0 Å². The number of fused-ring (bicyclic) bond motifs is 1. The number of aromatic nitrogens is 4. The molecule has 0 aliphatic carbocycles. The second-order valence-electron chi connectivity index (χ2n) is 6.54. The van der Waals surface area contributed by atoms with E-state index < -0.39 is 0 Å². The van der Waals surface area contributed by atoms with Crippen molar-refractivity contribution in [1.82, 2.24) is 19.4 Å². The topological polar surface area (TPSA) is 64.7 Å². The molecule has 1 aromatic carbocycles. The molecule has 0 unspecified atom stereocenters. The summed E-state index contributed by atoms with van der Waals surface area (Å²) in [6, 6.07) is 7.70. The van der Waals surface area contributed by atoms with Crippen molar-refractivity contribution in [2.45, 2.75) is 40.7 Å². The van der Waals surface area contributed by atoms with E-state index in [1.807, 2.05) is 42.8 Å². The fourth-order valence-corrected chi connectivity index (χ4v) is 2.90. The summed E-state index contributed by atoms with van der Waals surface area (Å²) in [7, 11) is 0. The van der Waals surface area contributed by atoms with Gasteiger partial charge in [-0.15, -0.1) is 0 Å². The molecule has 6 nitrogen and oxygen atoms in total. The quantitative estimate of drug-likeness (QED) is 0.784. The number of hydrogen-bond acceptors (Lipinski definition) is 3. The molecule has 0 saturated heterocycles. The number of aryl methyl sites for hydroxylation is 1. The van der Waals surface area contributed by atoms with Gasteiger partial charge < -0.3 is 0 Å². The number of amides is 1. The van der Waals surface area contributed by atoms with Gasteiger partial charge in [-0.1, -0.05) is 26.0 Å². The normalized spacial score (nSPS) is 11.4. The predicted octanol–water partition coefficient (Wildman–Crippen LogP) is 2.82. The van der Waals surface area contributed by atoms with Crippen LogP contribution in [-0.4, -0.2) is 25.3 Å². The van der Waals surface area contributed by atoms with Gasteiger partial charge in [0.1, 0.15) is 6.33 Å². The van der Waals surface area contributed by atoms with E-state index in [1.54, 1.807) is 11.0 Å². The van der Waals surface area contributed by atoms with E-state index in [0.717, 1.165) is 34.5 Å². The Hall–Kier alpha value is -2.63. The standard InChI is InChI=1S/C18H23N5O/c1-12(2)10-22-14(4)15(13(3)20-22)9-18(24)21-23-11-19-16-7-5-6-8-17(16)23/h5-8,11-12H,9-10H2,1-4H3,(H,21,24). The van der Waals surface area contributed by atoms with Crippen molar-refractivity contribution in [3.05, 3.63) is 47.5 Å². The summed E-state index contributed by atoms with van der Waals surface area (Å²) in [5.74, 6) is 0.440. The number of para-hydroxylation sites is 2. The van der Waals surface area contributed by atoms with Crippen LogP contribution in [0.2, 0.25) is 0 Å². The molecule has 2 heterocycles. The Morgan fingerprint density at radius 3 is 2.75 bits per heavy atom. The fraction of sp³-hybridized carbons (Fsp3) is 0.389. The molecule has 0 atom stereocenters. The van der Waals surface area contributed by atoms with Gasteiger partial charge in [0.05, 0.1) is 23.1 Å². The zero-order chi connectivity index (χ0) is 17.3. The second-order valence-corrected chi connectivity index (χ2v) is 6.54. The van der Waals surface area contributed by atoms with Crippen LogP contribution in [0.25, 0.3) is 11.0 Å². The number of hydrogen-bond donors (Lipinski definition) is 1. The molecular weight excluding hydrogens is 302 g/mol. The predicted molar refractivity (Wildman–Crippen MR) is 94.3 cm³/mol. The summed E-state index contributed by atoms with van der Waals surface area (Å²) < 4.78 is 3.66. The number of nitrogens with one attached hydrogen (secondary N) is 1. The Morgan fingerprint density at radius 1 is 1.25 bits per heavy atom. The molecule has 0 bridgehead atoms. The Balaban J connectivity index is 1.77. The molecular formula is C18H23N5O. The molecule has 1 amide bonds. The van der Waals surface area contributed by atoms with E-state index in [0.29, 0.717) is 12.3 Å². The van der Waals surface area contributed by atoms with Crippen LogP contribution in [-0.2, 0) is 17.8 Å². The summed E-state index contributed by atoms with van der Waals surface area (Å²) >= 11 is 0. The third kappa shape index (κ3) is 3.18. The summed E-state index contributed by atoms with van der Waals surface area (Å²) in [5.41, 5.74) is 7.61. The summed E-state index contributed by atoms with van der Waals surface area (Å²) in [4.78, 5) is 16.7. The molecule has 126 valence electrons. The smallest absolute Gasteiger partial charge is 0.243 e. The molecule has 0 aliphatic heterocycles. The molecule has 0 fully saturated rings. The Morgan fingerprint density at radius 2 is 2.00 bits per heavy atom. The van der Waals surface area contributed by atoms with Crippen LogP contribution in [0.3, 0.4) is 0 Å². The van der Waals surface area contributed by atoms with E-state index in [-0.39, 0.29) is 5.91 Å². The minimum Gasteiger partial charge on any atom is -0.273 e. The van der Waals surface area contributed by atoms with Gasteiger partial charge in [-0.3, -0.25) is 14.9 Å². The third-order valence-electron chi connectivity index (χ3n) is 4.11. The fourth-order valence-electron chi connectivity index (χ4n) is 2.90. The summed E-state index contributed by atoms with van der Waals surface area (Å²) in [6.07, 6.45) is 1.94. The van der Waals surface area contributed by atoms with Gasteiger partial charge in [0.2, 0.25) is 5.91 Å². The number of carbonyl (C=O) groups is 1. The lowest BCUT2D eigenvalue weighted by molar-refractivity contribution is -0.116. The number of carbonyl (C=O) groups excluding carboxylic acids is 1. The molecule has 0 saturated carbocycles. The van der Waals surface area contributed by atoms with E-state index in [2.05, 4.69) is 29.4 Å². The monoisotopic (exact) mass is 325 g/mol. The van der Waals surface area contributed by atoms with E-state index in [1.165, 1.54) is 0 Å². The molecule has 1 N–H and O–H groups in total. The number of nitrogens with zero attached hydrogens (tertiary/aromatic N) is 4. The van der Waals surface area contributed by atoms with E-state index in [9.17, 15) is 4.79 Å². The van der Waals surface area contributed by atoms with Crippen LogP contribution in [0, 0.1) is 19.8 Å². The first-order chi connectivity index (χ1) is 11.5. The maximum Gasteiger partial charge on any atom is 0.243 e. The second kappa shape index (κ2) is 6.47. The average Bonchev–Trinajstić information content (AvgIpc) is 3.04. The van der Waals surface area contributed by atoms with Crippen LogP contribution in [0.1, 0.15) is 30.8 Å². The van der Waals surface area contributed by atoms with Gasteiger partial charge in [-0.2, -0.15) is 5.10 Å². The molecule has 0 spiro atoms. The van der Waals surface area contributed by atoms with Crippen molar-refractivity contribution in [2.24, 2.45) is 5.92 Å². The first-order valence-corrected chi connectivity index (χ1v) is 8.20. The van der Waals surface area contributed by atoms with E-state index >= 15 is 0 Å². The average molecular weight is 325 g/mol. The molecule has 2 aromatic heterocycles. The van der Waals surface area contributed by atoms with Crippen molar-refractivity contribution in [2.75, 3.05) is 5.43 Å². The minimum atomic E-state index is -0.0755. The van der Waals surface area contributed by atoms with Crippen LogP contribution in [0.4, 0.5) is 0 Å². The Kier molecular flexibility index (Phi) is 4.38. The summed E-state index contributed by atoms with van der Waals surface area (Å²) in [5, 5.41) is 4.57. The molecule has 3 aromatic rings. The van der Waals surface area contributed by atoms with Crippen LogP contribution < -0.4 is 5.43 Å². The van der Waals surface area contributed by atoms with Crippen molar-refractivity contribution in [3.63, 3.8) is 0 Å². The zero-order valence-electron chi connectivity index (χ0n) is 14.6. The molecule has 0 radical (unpaired) electrons. The van der Waals surface area contributed by atoms with Crippen LogP contribution in [0.5, 0.6) is 0 Å². The highest BCUT2D eigenvalue weighted by Gasteiger charge is 2.16. The first kappa shape index (κ1) is 16.2. The van der Waals surface area contributed by atoms with Crippen LogP contribution >= 0.6 is 0 Å². The van der Waals surface area contributed by atoms with Gasteiger partial charge in [-0.25, -0.2) is 9.66 Å². The van der Waals surface area contributed by atoms with Crippen molar-refractivity contribution in [3.8, 4) is 0 Å². The molecule has 0 aliphatic rings. The van der Waals surface area contributed by atoms with Gasteiger partial charge in [-0.05, 0) is 31.9 Å². The first-order valence-electron chi connectivity index (χ1n) is 8.20. The van der Waals surface area contributed by atoms with Crippen molar-refractivity contribution in [1.29, 1.82) is 0 Å². The van der Waals surface area contributed by atoms with Crippen molar-refractivity contribution < 1.29 is 4.79 Å². The molecule has 6 heteroatoms. The third-order valence-corrected chi connectivity index (χ3v) is 4.11.